The smallest absolute Gasteiger partial charge is 0.410 e. The van der Waals surface area contributed by atoms with Gasteiger partial charge >= 0.3 is 6.09 Å². The summed E-state index contributed by atoms with van der Waals surface area (Å²) in [6, 6.07) is 0. The third kappa shape index (κ3) is 3.97. The summed E-state index contributed by atoms with van der Waals surface area (Å²) < 4.78 is 12.7. The first-order valence-electron chi connectivity index (χ1n) is 7.05. The second-order valence-electron chi connectivity index (χ2n) is 6.58. The van der Waals surface area contributed by atoms with Gasteiger partial charge in [0.25, 0.3) is 0 Å². The molecule has 0 aliphatic carbocycles. The number of carbonyl (C=O) groups excluding carboxylic acids is 1. The second kappa shape index (κ2) is 5.76. The van der Waals surface area contributed by atoms with Crippen LogP contribution in [0.25, 0.3) is 0 Å². The molecule has 1 atom stereocenters. The molecule has 1 amide bonds. The highest BCUT2D eigenvalue weighted by Crippen LogP contribution is 2.39. The van der Waals surface area contributed by atoms with Crippen LogP contribution in [0, 0.1) is 0 Å². The topological polar surface area (TPSA) is 38.8 Å². The van der Waals surface area contributed by atoms with Crippen molar-refractivity contribution in [3.8, 4) is 0 Å². The number of ether oxygens (including phenoxy) is 2. The van der Waals surface area contributed by atoms with Gasteiger partial charge in [-0.05, 0) is 46.5 Å². The van der Waals surface area contributed by atoms with Crippen LogP contribution in [-0.2, 0) is 9.47 Å². The summed E-state index contributed by atoms with van der Waals surface area (Å²) in [6.45, 7) is 7.22. The van der Waals surface area contributed by atoms with E-state index >= 15 is 0 Å². The van der Waals surface area contributed by atoms with E-state index in [4.69, 9.17) is 9.47 Å². The standard InChI is InChI=1S/C14H24INO3/c1-13(2,3)19-12(17)16-8-6-14(7-9-16)5-4-11(10-15)18-14/h11H,4-10H2,1-3H3/t11-/m0/s1. The first kappa shape index (κ1) is 15.4. The van der Waals surface area contributed by atoms with E-state index < -0.39 is 5.60 Å². The molecular weight excluding hydrogens is 357 g/mol. The summed E-state index contributed by atoms with van der Waals surface area (Å²) in [7, 11) is 0. The van der Waals surface area contributed by atoms with Crippen LogP contribution in [0.5, 0.6) is 0 Å². The number of alkyl halides is 1. The van der Waals surface area contributed by atoms with E-state index in [9.17, 15) is 4.79 Å². The van der Waals surface area contributed by atoms with Crippen LogP contribution in [0.1, 0.15) is 46.5 Å². The fourth-order valence-corrected chi connectivity index (χ4v) is 3.42. The largest absolute Gasteiger partial charge is 0.444 e. The lowest BCUT2D eigenvalue weighted by atomic mass is 9.89. The van der Waals surface area contributed by atoms with Gasteiger partial charge in [-0.3, -0.25) is 0 Å². The molecule has 0 radical (unpaired) electrons. The van der Waals surface area contributed by atoms with Crippen LogP contribution >= 0.6 is 22.6 Å². The molecule has 2 rings (SSSR count). The molecule has 2 fully saturated rings. The van der Waals surface area contributed by atoms with E-state index in [2.05, 4.69) is 22.6 Å². The maximum Gasteiger partial charge on any atom is 0.410 e. The minimum atomic E-state index is -0.414. The fourth-order valence-electron chi connectivity index (χ4n) is 2.80. The summed E-state index contributed by atoms with van der Waals surface area (Å²) in [5.41, 5.74) is -0.378. The maximum absolute atomic E-state index is 12.0. The number of hydrogen-bond donors (Lipinski definition) is 0. The minimum Gasteiger partial charge on any atom is -0.444 e. The van der Waals surface area contributed by atoms with Gasteiger partial charge in [-0.1, -0.05) is 22.6 Å². The number of carbonyl (C=O) groups is 1. The zero-order valence-electron chi connectivity index (χ0n) is 12.1. The van der Waals surface area contributed by atoms with Gasteiger partial charge in [0, 0.05) is 17.5 Å². The monoisotopic (exact) mass is 381 g/mol. The first-order valence-corrected chi connectivity index (χ1v) is 8.58. The molecule has 4 nitrogen and oxygen atoms in total. The van der Waals surface area contributed by atoms with E-state index in [1.807, 2.05) is 25.7 Å². The lowest BCUT2D eigenvalue weighted by Gasteiger charge is -2.39. The lowest BCUT2D eigenvalue weighted by Crippen LogP contribution is -2.48. The molecule has 0 aromatic heterocycles. The quantitative estimate of drug-likeness (QED) is 0.517. The van der Waals surface area contributed by atoms with Gasteiger partial charge in [0.2, 0.25) is 0 Å². The Balaban J connectivity index is 1.84. The average Bonchev–Trinajstić information content (AvgIpc) is 2.71. The third-order valence-electron chi connectivity index (χ3n) is 3.84. The summed E-state index contributed by atoms with van der Waals surface area (Å²) in [4.78, 5) is 13.8. The van der Waals surface area contributed by atoms with Crippen molar-refractivity contribution < 1.29 is 14.3 Å². The van der Waals surface area contributed by atoms with Crippen molar-refractivity contribution in [1.82, 2.24) is 4.90 Å². The number of rotatable bonds is 1. The molecule has 0 unspecified atom stereocenters. The van der Waals surface area contributed by atoms with Crippen LogP contribution in [-0.4, -0.2) is 45.8 Å². The molecule has 0 saturated carbocycles. The first-order chi connectivity index (χ1) is 8.84. The molecular formula is C14H24INO3. The van der Waals surface area contributed by atoms with Gasteiger partial charge in [-0.15, -0.1) is 0 Å². The van der Waals surface area contributed by atoms with Crippen molar-refractivity contribution >= 4 is 28.7 Å². The predicted molar refractivity (Wildman–Crippen MR) is 82.8 cm³/mol. The van der Waals surface area contributed by atoms with Gasteiger partial charge < -0.3 is 14.4 Å². The van der Waals surface area contributed by atoms with Gasteiger partial charge in [-0.2, -0.15) is 0 Å². The predicted octanol–water partition coefficient (Wildman–Crippen LogP) is 3.37. The molecule has 0 aromatic rings. The van der Waals surface area contributed by atoms with Crippen LogP contribution in [0.2, 0.25) is 0 Å². The number of hydrogen-bond acceptors (Lipinski definition) is 3. The average molecular weight is 381 g/mol. The zero-order valence-corrected chi connectivity index (χ0v) is 14.2. The summed E-state index contributed by atoms with van der Waals surface area (Å²) >= 11 is 2.39. The molecule has 0 N–H and O–H groups in total. The van der Waals surface area contributed by atoms with Crippen molar-refractivity contribution in [2.75, 3.05) is 17.5 Å². The zero-order chi connectivity index (χ0) is 14.1. The van der Waals surface area contributed by atoms with E-state index in [1.165, 1.54) is 0 Å². The lowest BCUT2D eigenvalue weighted by molar-refractivity contribution is -0.0708. The number of nitrogens with zero attached hydrogens (tertiary/aromatic N) is 1. The van der Waals surface area contributed by atoms with Gasteiger partial charge in [0.1, 0.15) is 5.60 Å². The molecule has 2 aliphatic heterocycles. The van der Waals surface area contributed by atoms with E-state index in [0.29, 0.717) is 6.10 Å². The van der Waals surface area contributed by atoms with E-state index in [1.54, 1.807) is 0 Å². The molecule has 0 bridgehead atoms. The Hall–Kier alpha value is -0.0400. The summed E-state index contributed by atoms with van der Waals surface area (Å²) in [5.74, 6) is 0. The Morgan fingerprint density at radius 2 is 2.00 bits per heavy atom. The molecule has 19 heavy (non-hydrogen) atoms. The summed E-state index contributed by atoms with van der Waals surface area (Å²) in [6.07, 6.45) is 4.41. The van der Waals surface area contributed by atoms with Crippen LogP contribution < -0.4 is 0 Å². The number of halogens is 1. The van der Waals surface area contributed by atoms with Crippen LogP contribution in [0.15, 0.2) is 0 Å². The normalized spacial score (nSPS) is 26.7. The number of likely N-dealkylation sites (tertiary alicyclic amines) is 1. The maximum atomic E-state index is 12.0. The van der Waals surface area contributed by atoms with Crippen molar-refractivity contribution in [1.29, 1.82) is 0 Å². The highest BCUT2D eigenvalue weighted by Gasteiger charge is 2.43. The second-order valence-corrected chi connectivity index (χ2v) is 7.46. The van der Waals surface area contributed by atoms with Crippen molar-refractivity contribution in [2.24, 2.45) is 0 Å². The molecule has 2 heterocycles. The molecule has 110 valence electrons. The summed E-state index contributed by atoms with van der Waals surface area (Å²) in [5, 5.41) is 0. The van der Waals surface area contributed by atoms with Crippen LogP contribution in [0.4, 0.5) is 4.79 Å². The Morgan fingerprint density at radius 3 is 2.47 bits per heavy atom. The molecule has 0 aromatic carbocycles. The van der Waals surface area contributed by atoms with Gasteiger partial charge in [0.05, 0.1) is 11.7 Å². The van der Waals surface area contributed by atoms with Crippen molar-refractivity contribution in [3.05, 3.63) is 0 Å². The highest BCUT2D eigenvalue weighted by atomic mass is 127. The third-order valence-corrected chi connectivity index (χ3v) is 4.82. The number of piperidine rings is 1. The Labute approximate surface area is 129 Å². The van der Waals surface area contributed by atoms with Crippen molar-refractivity contribution in [2.45, 2.75) is 63.8 Å². The van der Waals surface area contributed by atoms with Crippen molar-refractivity contribution in [3.63, 3.8) is 0 Å². The molecule has 2 saturated heterocycles. The Morgan fingerprint density at radius 1 is 1.37 bits per heavy atom. The van der Waals surface area contributed by atoms with Gasteiger partial charge in [0.15, 0.2) is 0 Å². The number of amides is 1. The van der Waals surface area contributed by atoms with Crippen LogP contribution in [0.3, 0.4) is 0 Å². The van der Waals surface area contributed by atoms with Gasteiger partial charge in [-0.25, -0.2) is 4.79 Å². The fraction of sp³-hybridized carbons (Fsp3) is 0.929. The molecule has 5 heteroatoms. The van der Waals surface area contributed by atoms with E-state index in [0.717, 1.165) is 43.2 Å². The molecule has 2 aliphatic rings. The Bertz CT molecular complexity index is 332. The highest BCUT2D eigenvalue weighted by molar-refractivity contribution is 14.1. The van der Waals surface area contributed by atoms with E-state index in [-0.39, 0.29) is 11.7 Å². The minimum absolute atomic E-state index is 0.0361. The Kier molecular flexibility index (Phi) is 4.65. The SMILES string of the molecule is CC(C)(C)OC(=O)N1CCC2(CC[C@@H](CI)O2)CC1. The molecule has 1 spiro atoms.